The molecule has 0 aliphatic carbocycles. The zero-order valence-electron chi connectivity index (χ0n) is 7.76. The van der Waals surface area contributed by atoms with Crippen LogP contribution in [0.5, 0.6) is 0 Å². The highest BCUT2D eigenvalue weighted by molar-refractivity contribution is 4.87. The molecule has 2 nitrogen and oxygen atoms in total. The van der Waals surface area contributed by atoms with Gasteiger partial charge in [0, 0.05) is 14.0 Å². The lowest BCUT2D eigenvalue weighted by molar-refractivity contribution is -0.00577. The van der Waals surface area contributed by atoms with Crippen molar-refractivity contribution in [2.45, 2.75) is 51.9 Å². The Hall–Kier alpha value is -0.0800. The minimum Gasteiger partial charge on any atom is -0.372 e. The van der Waals surface area contributed by atoms with E-state index in [2.05, 4.69) is 12.2 Å². The third-order valence-corrected chi connectivity index (χ3v) is 2.37. The standard InChI is InChI=1S/C7H13NO.C2H6.H2/c1-5-7-3-2-6(9-7)4-8-5;1-2;/h5-8H,2-4H2,1H3;1-2H3;1H. The van der Waals surface area contributed by atoms with Crippen molar-refractivity contribution < 1.29 is 6.16 Å². The topological polar surface area (TPSA) is 21.3 Å². The van der Waals surface area contributed by atoms with E-state index in [9.17, 15) is 0 Å². The fourth-order valence-electron chi connectivity index (χ4n) is 1.70. The van der Waals surface area contributed by atoms with E-state index in [0.29, 0.717) is 18.2 Å². The summed E-state index contributed by atoms with van der Waals surface area (Å²) < 4.78 is 5.65. The summed E-state index contributed by atoms with van der Waals surface area (Å²) in [5, 5.41) is 3.42. The third-order valence-electron chi connectivity index (χ3n) is 2.37. The number of nitrogens with one attached hydrogen (secondary N) is 1. The second-order valence-electron chi connectivity index (χ2n) is 3.07. The van der Waals surface area contributed by atoms with Gasteiger partial charge in [0.05, 0.1) is 12.2 Å². The Morgan fingerprint density at radius 2 is 2.09 bits per heavy atom. The van der Waals surface area contributed by atoms with Crippen molar-refractivity contribution >= 4 is 0 Å². The van der Waals surface area contributed by atoms with Crippen LogP contribution in [0.2, 0.25) is 0 Å². The molecule has 2 bridgehead atoms. The van der Waals surface area contributed by atoms with Crippen molar-refractivity contribution in [1.29, 1.82) is 0 Å². The van der Waals surface area contributed by atoms with Crippen LogP contribution in [0.15, 0.2) is 0 Å². The zero-order valence-corrected chi connectivity index (χ0v) is 7.76. The first-order valence-corrected chi connectivity index (χ1v) is 4.75. The fraction of sp³-hybridized carbons (Fsp3) is 1.00. The van der Waals surface area contributed by atoms with Crippen LogP contribution in [0.1, 0.15) is 35.0 Å². The molecule has 0 aromatic rings. The van der Waals surface area contributed by atoms with E-state index < -0.39 is 0 Å². The molecule has 0 amide bonds. The number of morpholine rings is 1. The lowest BCUT2D eigenvalue weighted by atomic mass is 10.1. The van der Waals surface area contributed by atoms with Gasteiger partial charge in [-0.3, -0.25) is 0 Å². The molecule has 68 valence electrons. The number of rotatable bonds is 0. The molecule has 0 saturated carbocycles. The molecule has 2 aliphatic heterocycles. The molecule has 11 heavy (non-hydrogen) atoms. The predicted octanol–water partition coefficient (Wildman–Crippen LogP) is 1.80. The first-order chi connectivity index (χ1) is 5.36. The van der Waals surface area contributed by atoms with E-state index >= 15 is 0 Å². The van der Waals surface area contributed by atoms with Crippen LogP contribution in [0, 0.1) is 0 Å². The average Bonchev–Trinajstić information content (AvgIpc) is 2.46. The summed E-state index contributed by atoms with van der Waals surface area (Å²) in [4.78, 5) is 0. The normalized spacial score (nSPS) is 41.2. The van der Waals surface area contributed by atoms with Gasteiger partial charge in [-0.25, -0.2) is 0 Å². The Bertz CT molecular complexity index is 121. The predicted molar refractivity (Wildman–Crippen MR) is 48.8 cm³/mol. The summed E-state index contributed by atoms with van der Waals surface area (Å²) in [6, 6.07) is 0.587. The lowest BCUT2D eigenvalue weighted by Crippen LogP contribution is -2.45. The number of hydrogen-bond donors (Lipinski definition) is 1. The molecule has 0 aromatic carbocycles. The van der Waals surface area contributed by atoms with Crippen molar-refractivity contribution in [2.24, 2.45) is 0 Å². The number of ether oxygens (including phenoxy) is 1. The summed E-state index contributed by atoms with van der Waals surface area (Å²) in [5.74, 6) is 0. The molecule has 2 rings (SSSR count). The minimum atomic E-state index is 0. The third kappa shape index (κ3) is 1.94. The lowest BCUT2D eigenvalue weighted by Gasteiger charge is -2.27. The maximum atomic E-state index is 5.65. The molecule has 0 radical (unpaired) electrons. The fourth-order valence-corrected chi connectivity index (χ4v) is 1.70. The van der Waals surface area contributed by atoms with E-state index in [0.717, 1.165) is 6.54 Å². The molecule has 3 atom stereocenters. The van der Waals surface area contributed by atoms with Crippen LogP contribution < -0.4 is 5.32 Å². The van der Waals surface area contributed by atoms with Gasteiger partial charge in [-0.1, -0.05) is 13.8 Å². The van der Waals surface area contributed by atoms with E-state index in [1.165, 1.54) is 12.8 Å². The molecule has 2 heteroatoms. The van der Waals surface area contributed by atoms with Crippen LogP contribution >= 0.6 is 0 Å². The average molecular weight is 159 g/mol. The monoisotopic (exact) mass is 159 g/mol. The van der Waals surface area contributed by atoms with Crippen molar-refractivity contribution in [3.63, 3.8) is 0 Å². The minimum absolute atomic E-state index is 0. The zero-order chi connectivity index (χ0) is 8.27. The molecule has 2 heterocycles. The molecule has 3 unspecified atom stereocenters. The van der Waals surface area contributed by atoms with Crippen LogP contribution in [-0.4, -0.2) is 24.8 Å². The highest BCUT2D eigenvalue weighted by Gasteiger charge is 2.33. The quantitative estimate of drug-likeness (QED) is 0.582. The molecule has 2 saturated heterocycles. The van der Waals surface area contributed by atoms with Crippen LogP contribution in [-0.2, 0) is 4.74 Å². The van der Waals surface area contributed by atoms with E-state index in [4.69, 9.17) is 4.74 Å². The van der Waals surface area contributed by atoms with Crippen molar-refractivity contribution in [3.8, 4) is 0 Å². The van der Waals surface area contributed by atoms with Gasteiger partial charge in [0.2, 0.25) is 0 Å². The Morgan fingerprint density at radius 1 is 1.36 bits per heavy atom. The first kappa shape index (κ1) is 9.01. The molecule has 1 N–H and O–H groups in total. The maximum absolute atomic E-state index is 5.65. The maximum Gasteiger partial charge on any atom is 0.0730 e. The van der Waals surface area contributed by atoms with E-state index in [1.807, 2.05) is 13.8 Å². The summed E-state index contributed by atoms with van der Waals surface area (Å²) in [7, 11) is 0. The second-order valence-corrected chi connectivity index (χ2v) is 3.07. The molecular formula is C9H21NO. The van der Waals surface area contributed by atoms with Gasteiger partial charge in [-0.15, -0.1) is 0 Å². The number of fused-ring (bicyclic) bond motifs is 2. The SMILES string of the molecule is CC.CC1NCC2CCC1O2.[HH]. The Balaban J connectivity index is 0.000000378. The van der Waals surface area contributed by atoms with Gasteiger partial charge >= 0.3 is 0 Å². The number of hydrogen-bond acceptors (Lipinski definition) is 2. The highest BCUT2D eigenvalue weighted by Crippen LogP contribution is 2.25. The van der Waals surface area contributed by atoms with Gasteiger partial charge in [0.1, 0.15) is 0 Å². The Kier molecular flexibility index (Phi) is 3.34. The van der Waals surface area contributed by atoms with Gasteiger partial charge in [-0.05, 0) is 19.8 Å². The van der Waals surface area contributed by atoms with Crippen LogP contribution in [0.25, 0.3) is 0 Å². The van der Waals surface area contributed by atoms with Gasteiger partial charge in [0.25, 0.3) is 0 Å². The van der Waals surface area contributed by atoms with Crippen LogP contribution in [0.4, 0.5) is 0 Å². The summed E-state index contributed by atoms with van der Waals surface area (Å²) in [5.41, 5.74) is 0. The molecular weight excluding hydrogens is 138 g/mol. The van der Waals surface area contributed by atoms with E-state index in [-0.39, 0.29) is 1.43 Å². The summed E-state index contributed by atoms with van der Waals surface area (Å²) in [6.07, 6.45) is 3.58. The Morgan fingerprint density at radius 3 is 2.73 bits per heavy atom. The smallest absolute Gasteiger partial charge is 0.0730 e. The van der Waals surface area contributed by atoms with Gasteiger partial charge < -0.3 is 10.1 Å². The largest absolute Gasteiger partial charge is 0.372 e. The van der Waals surface area contributed by atoms with Crippen molar-refractivity contribution in [1.82, 2.24) is 5.32 Å². The van der Waals surface area contributed by atoms with Crippen LogP contribution in [0.3, 0.4) is 0 Å². The first-order valence-electron chi connectivity index (χ1n) is 4.75. The summed E-state index contributed by atoms with van der Waals surface area (Å²) in [6.45, 7) is 7.27. The van der Waals surface area contributed by atoms with Crippen molar-refractivity contribution in [3.05, 3.63) is 0 Å². The van der Waals surface area contributed by atoms with E-state index in [1.54, 1.807) is 0 Å². The highest BCUT2D eigenvalue weighted by atomic mass is 16.5. The Labute approximate surface area is 70.8 Å². The second kappa shape index (κ2) is 4.07. The molecule has 0 aromatic heterocycles. The van der Waals surface area contributed by atoms with Gasteiger partial charge in [0.15, 0.2) is 0 Å². The summed E-state index contributed by atoms with van der Waals surface area (Å²) >= 11 is 0. The molecule has 2 fully saturated rings. The molecule has 2 aliphatic rings. The van der Waals surface area contributed by atoms with Crippen molar-refractivity contribution in [2.75, 3.05) is 6.54 Å². The van der Waals surface area contributed by atoms with Gasteiger partial charge in [-0.2, -0.15) is 0 Å². The molecule has 0 spiro atoms.